The van der Waals surface area contributed by atoms with E-state index in [1.54, 1.807) is 0 Å². The van der Waals surface area contributed by atoms with E-state index in [1.807, 2.05) is 6.07 Å². The van der Waals surface area contributed by atoms with Crippen LogP contribution < -0.4 is 118 Å². The molecule has 0 aliphatic heterocycles. The van der Waals surface area contributed by atoms with E-state index in [1.165, 1.54) is 12.8 Å². The molecule has 34 heavy (non-hydrogen) atoms. The first kappa shape index (κ1) is 32.9. The van der Waals surface area contributed by atoms with Gasteiger partial charge in [-0.05, 0) is 55.8 Å². The number of ether oxygens (including phenoxy) is 1. The van der Waals surface area contributed by atoms with Gasteiger partial charge >= 0.3 is 103 Å². The summed E-state index contributed by atoms with van der Waals surface area (Å²) >= 11 is 13.0. The molecule has 13 heteroatoms. The van der Waals surface area contributed by atoms with Crippen molar-refractivity contribution in [2.45, 2.75) is 58.3 Å². The summed E-state index contributed by atoms with van der Waals surface area (Å²) in [5.74, 6) is 1.83. The molecule has 1 aromatic carbocycles. The van der Waals surface area contributed by atoms with Crippen LogP contribution in [0.25, 0.3) is 0 Å². The number of carbonyl (C=O) groups excluding carboxylic acids is 2. The first-order valence-electron chi connectivity index (χ1n) is 10.5. The summed E-state index contributed by atoms with van der Waals surface area (Å²) in [6.45, 7) is 2.61. The number of benzene rings is 1. The van der Waals surface area contributed by atoms with Gasteiger partial charge in [-0.2, -0.15) is 5.21 Å². The van der Waals surface area contributed by atoms with Crippen molar-refractivity contribution in [3.63, 3.8) is 0 Å². The monoisotopic (exact) mass is 560 g/mol. The van der Waals surface area contributed by atoms with Gasteiger partial charge < -0.3 is 19.7 Å². The smallest absolute Gasteiger partial charge is 0.652 e. The van der Waals surface area contributed by atoms with Crippen LogP contribution in [0.15, 0.2) is 6.07 Å². The maximum absolute atomic E-state index is 13.2. The number of fused-ring (bicyclic) bond motifs is 1. The van der Waals surface area contributed by atoms with Gasteiger partial charge in [-0.1, -0.05) is 48.2 Å². The maximum atomic E-state index is 13.2. The number of nitrogens with one attached hydrogen (secondary N) is 1. The number of halogens is 2. The molecule has 1 heterocycles. The molecular formula is C21H24Cl2K2N4O5. The summed E-state index contributed by atoms with van der Waals surface area (Å²) in [6, 6.07) is 1.92. The molecule has 1 unspecified atom stereocenters. The predicted octanol–water partition coefficient (Wildman–Crippen LogP) is -3.60. The predicted molar refractivity (Wildman–Crippen MR) is 113 cm³/mol. The van der Waals surface area contributed by atoms with Gasteiger partial charge in [-0.15, -0.1) is 10.2 Å². The van der Waals surface area contributed by atoms with Crippen molar-refractivity contribution in [1.29, 1.82) is 0 Å². The maximum Gasteiger partial charge on any atom is 1.00 e. The number of Topliss-reactive ketones (excluding diaryl/α,β-unsaturated/α-hetero) is 1. The van der Waals surface area contributed by atoms with Crippen LogP contribution in [0.4, 0.5) is 4.79 Å². The van der Waals surface area contributed by atoms with E-state index in [0.717, 1.165) is 44.1 Å². The first-order valence-corrected chi connectivity index (χ1v) is 11.3. The fourth-order valence-corrected chi connectivity index (χ4v) is 5.16. The molecule has 1 saturated carbocycles. The Morgan fingerprint density at radius 2 is 1.85 bits per heavy atom. The number of carboxylic acid groups (broad SMARTS) is 2. The van der Waals surface area contributed by atoms with Crippen molar-refractivity contribution in [3.05, 3.63) is 33.1 Å². The molecule has 2 aromatic rings. The van der Waals surface area contributed by atoms with Crippen LogP contribution in [-0.4, -0.2) is 39.2 Å². The molecule has 1 fully saturated rings. The third-order valence-electron chi connectivity index (χ3n) is 6.26. The minimum absolute atomic E-state index is 0. The Hall–Kier alpha value is 0.883. The van der Waals surface area contributed by atoms with Gasteiger partial charge in [-0.25, -0.2) is 0 Å². The average Bonchev–Trinajstić information content (AvgIpc) is 3.48. The minimum Gasteiger partial charge on any atom is -0.652 e. The summed E-state index contributed by atoms with van der Waals surface area (Å²) in [5.41, 5.74) is 1.20. The Labute approximate surface area is 293 Å². The molecule has 1 N–H and O–H groups in total. The van der Waals surface area contributed by atoms with Crippen LogP contribution in [0.3, 0.4) is 0 Å². The van der Waals surface area contributed by atoms with Crippen LogP contribution in [0.5, 0.6) is 5.75 Å². The van der Waals surface area contributed by atoms with Crippen molar-refractivity contribution in [3.8, 4) is 5.75 Å². The summed E-state index contributed by atoms with van der Waals surface area (Å²) in [4.78, 5) is 21.5. The molecule has 2 aliphatic rings. The van der Waals surface area contributed by atoms with Gasteiger partial charge in [0, 0.05) is 17.4 Å². The number of aromatic nitrogens is 4. The number of aromatic amines is 1. The molecule has 0 radical (unpaired) electrons. The molecule has 174 valence electrons. The van der Waals surface area contributed by atoms with Gasteiger partial charge in [-0.3, -0.25) is 4.79 Å². The number of carbonyl (C=O) groups is 2. The van der Waals surface area contributed by atoms with Crippen molar-refractivity contribution < 1.29 is 127 Å². The van der Waals surface area contributed by atoms with Crippen LogP contribution in [0.1, 0.15) is 67.2 Å². The molecule has 1 aromatic heterocycles. The summed E-state index contributed by atoms with van der Waals surface area (Å²) < 4.78 is 5.90. The summed E-state index contributed by atoms with van der Waals surface area (Å²) in [6.07, 6.45) is 5.49. The van der Waals surface area contributed by atoms with Gasteiger partial charge in [0.2, 0.25) is 0 Å². The number of rotatable bonds is 7. The largest absolute Gasteiger partial charge is 1.00 e. The van der Waals surface area contributed by atoms with Gasteiger partial charge in [0.1, 0.15) is 10.8 Å². The SMILES string of the molecule is CC1(C2CCCC2)Cc2cc(OCCCCc3nn[nH]n3)c(Cl)c(Cl)c2C1=O.O=C([O-])[O-].[K+].[K+]. The van der Waals surface area contributed by atoms with Crippen molar-refractivity contribution in [1.82, 2.24) is 20.6 Å². The standard InChI is InChI=1S/C20H24Cl2N4O2.CH2O3.2K/c1-20(13-6-2-3-7-13)11-12-10-14(17(21)18(22)16(12)19(20)27)28-9-5-4-8-15-23-25-26-24-15;2-1(3)4;;/h10,13H,2-9,11H2,1H3,(H,23,24,25,26);(H2,2,3,4);;/q;;2*+1/p-2. The average molecular weight is 562 g/mol. The van der Waals surface area contributed by atoms with E-state index in [9.17, 15) is 4.79 Å². The quantitative estimate of drug-likeness (QED) is 0.270. The van der Waals surface area contributed by atoms with E-state index >= 15 is 0 Å². The molecule has 0 amide bonds. The normalized spacial score (nSPS) is 18.9. The Bertz CT molecular complexity index is 971. The fourth-order valence-electron chi connectivity index (χ4n) is 4.65. The van der Waals surface area contributed by atoms with Gasteiger partial charge in [0.15, 0.2) is 11.6 Å². The van der Waals surface area contributed by atoms with Crippen LogP contribution in [-0.2, 0) is 12.8 Å². The molecule has 2 aliphatic carbocycles. The summed E-state index contributed by atoms with van der Waals surface area (Å²) in [5, 5.41) is 31.2. The molecule has 0 bridgehead atoms. The molecule has 4 rings (SSSR count). The Kier molecular flexibility index (Phi) is 14.8. The number of hydrogen-bond donors (Lipinski definition) is 1. The Morgan fingerprint density at radius 3 is 2.44 bits per heavy atom. The van der Waals surface area contributed by atoms with Crippen molar-refractivity contribution in [2.75, 3.05) is 6.61 Å². The Morgan fingerprint density at radius 1 is 1.21 bits per heavy atom. The van der Waals surface area contributed by atoms with Gasteiger partial charge in [0.05, 0.1) is 11.6 Å². The zero-order valence-electron chi connectivity index (χ0n) is 19.7. The Balaban J connectivity index is 0.000000895. The van der Waals surface area contributed by atoms with Gasteiger partial charge in [0.25, 0.3) is 0 Å². The van der Waals surface area contributed by atoms with E-state index in [4.69, 9.17) is 42.9 Å². The van der Waals surface area contributed by atoms with E-state index in [-0.39, 0.29) is 114 Å². The van der Waals surface area contributed by atoms with E-state index in [0.29, 0.717) is 39.7 Å². The van der Waals surface area contributed by atoms with Crippen molar-refractivity contribution >= 4 is 35.1 Å². The van der Waals surface area contributed by atoms with E-state index in [2.05, 4.69) is 27.5 Å². The molecule has 0 spiro atoms. The van der Waals surface area contributed by atoms with Crippen LogP contribution >= 0.6 is 23.2 Å². The molecule has 1 atom stereocenters. The number of aryl methyl sites for hydroxylation is 1. The second kappa shape index (κ2) is 15.3. The minimum atomic E-state index is -2.33. The number of tetrazole rings is 1. The zero-order chi connectivity index (χ0) is 23.3. The number of nitrogens with zero attached hydrogens (tertiary/aromatic N) is 3. The third-order valence-corrected chi connectivity index (χ3v) is 7.11. The fraction of sp³-hybridized carbons (Fsp3) is 0.571. The van der Waals surface area contributed by atoms with E-state index < -0.39 is 6.16 Å². The summed E-state index contributed by atoms with van der Waals surface area (Å²) in [7, 11) is 0. The van der Waals surface area contributed by atoms with Crippen LogP contribution in [0.2, 0.25) is 10.0 Å². The number of ketones is 1. The zero-order valence-corrected chi connectivity index (χ0v) is 27.4. The molecule has 9 nitrogen and oxygen atoms in total. The second-order valence-electron chi connectivity index (χ2n) is 8.33. The first-order chi connectivity index (χ1) is 15.2. The number of hydrogen-bond acceptors (Lipinski definition) is 8. The number of H-pyrrole nitrogens is 1. The second-order valence-corrected chi connectivity index (χ2v) is 9.08. The molecule has 0 saturated heterocycles. The van der Waals surface area contributed by atoms with Crippen LogP contribution in [0, 0.1) is 11.3 Å². The number of unbranched alkanes of at least 4 members (excludes halogenated alkanes) is 1. The third kappa shape index (κ3) is 8.19. The van der Waals surface area contributed by atoms with Crippen molar-refractivity contribution in [2.24, 2.45) is 11.3 Å². The topological polar surface area (TPSA) is 144 Å². The molecular weight excluding hydrogens is 537 g/mol.